The number of anilines is 1. The first-order valence-corrected chi connectivity index (χ1v) is 6.94. The lowest BCUT2D eigenvalue weighted by Crippen LogP contribution is -2.35. The van der Waals surface area contributed by atoms with Crippen LogP contribution in [0.3, 0.4) is 0 Å². The van der Waals surface area contributed by atoms with Gasteiger partial charge < -0.3 is 10.0 Å². The number of halogens is 1. The maximum atomic E-state index is 11.1. The zero-order chi connectivity index (χ0) is 13.3. The molecule has 0 aromatic heterocycles. The van der Waals surface area contributed by atoms with Crippen molar-refractivity contribution in [3.05, 3.63) is 31.9 Å². The molecule has 0 bridgehead atoms. The van der Waals surface area contributed by atoms with Crippen molar-refractivity contribution in [3.63, 3.8) is 0 Å². The van der Waals surface area contributed by atoms with Crippen molar-refractivity contribution in [2.45, 2.75) is 19.4 Å². The number of nitrogens with zero attached hydrogens (tertiary/aromatic N) is 2. The maximum Gasteiger partial charge on any atom is 0.293 e. The molecule has 1 aromatic rings. The van der Waals surface area contributed by atoms with Gasteiger partial charge in [0.15, 0.2) is 0 Å². The fourth-order valence-corrected chi connectivity index (χ4v) is 2.95. The Morgan fingerprint density at radius 1 is 1.61 bits per heavy atom. The Balaban J connectivity index is 2.41. The van der Waals surface area contributed by atoms with E-state index in [2.05, 4.69) is 29.5 Å². The summed E-state index contributed by atoms with van der Waals surface area (Å²) in [6.45, 7) is 2.86. The van der Waals surface area contributed by atoms with Gasteiger partial charge in [0, 0.05) is 16.2 Å². The van der Waals surface area contributed by atoms with Gasteiger partial charge in [-0.05, 0) is 47.1 Å². The van der Waals surface area contributed by atoms with E-state index in [1.165, 1.54) is 0 Å². The SMILES string of the molecule is CC1CCN(c2ccc(I)cc2[N+](=O)[O-])C1CO. The molecule has 0 radical (unpaired) electrons. The van der Waals surface area contributed by atoms with Gasteiger partial charge in [0.05, 0.1) is 17.6 Å². The molecule has 1 heterocycles. The molecule has 1 saturated heterocycles. The minimum absolute atomic E-state index is 0.0243. The van der Waals surface area contributed by atoms with Gasteiger partial charge in [-0.3, -0.25) is 10.1 Å². The molecule has 6 heteroatoms. The van der Waals surface area contributed by atoms with Gasteiger partial charge in [0.2, 0.25) is 0 Å². The normalized spacial score (nSPS) is 23.4. The zero-order valence-corrected chi connectivity index (χ0v) is 12.2. The van der Waals surface area contributed by atoms with Gasteiger partial charge in [0.25, 0.3) is 5.69 Å². The second-order valence-corrected chi connectivity index (χ2v) is 5.85. The summed E-state index contributed by atoms with van der Waals surface area (Å²) >= 11 is 2.06. The summed E-state index contributed by atoms with van der Waals surface area (Å²) in [7, 11) is 0. The molecule has 0 aliphatic carbocycles. The summed E-state index contributed by atoms with van der Waals surface area (Å²) in [4.78, 5) is 12.7. The molecular weight excluding hydrogens is 347 g/mol. The first-order chi connectivity index (χ1) is 8.54. The Morgan fingerprint density at radius 2 is 2.33 bits per heavy atom. The number of aliphatic hydroxyl groups excluding tert-OH is 1. The van der Waals surface area contributed by atoms with Crippen LogP contribution in [0.1, 0.15) is 13.3 Å². The molecule has 0 amide bonds. The van der Waals surface area contributed by atoms with Crippen molar-refractivity contribution in [1.29, 1.82) is 0 Å². The first kappa shape index (κ1) is 13.5. The van der Waals surface area contributed by atoms with Gasteiger partial charge in [-0.25, -0.2) is 0 Å². The molecular formula is C12H15IN2O3. The molecule has 1 aliphatic rings. The average molecular weight is 362 g/mol. The van der Waals surface area contributed by atoms with Crippen LogP contribution >= 0.6 is 22.6 Å². The Hall–Kier alpha value is -0.890. The Morgan fingerprint density at radius 3 is 2.94 bits per heavy atom. The highest BCUT2D eigenvalue weighted by Crippen LogP contribution is 2.36. The van der Waals surface area contributed by atoms with Crippen LogP contribution in [0.5, 0.6) is 0 Å². The fourth-order valence-electron chi connectivity index (χ4n) is 2.47. The average Bonchev–Trinajstić information content (AvgIpc) is 2.70. The van der Waals surface area contributed by atoms with E-state index < -0.39 is 0 Å². The Labute approximate surface area is 119 Å². The van der Waals surface area contributed by atoms with E-state index >= 15 is 0 Å². The number of hydrogen-bond acceptors (Lipinski definition) is 4. The predicted molar refractivity (Wildman–Crippen MR) is 77.8 cm³/mol. The zero-order valence-electron chi connectivity index (χ0n) is 10.0. The summed E-state index contributed by atoms with van der Waals surface area (Å²) in [6.07, 6.45) is 0.953. The molecule has 18 heavy (non-hydrogen) atoms. The molecule has 5 nitrogen and oxygen atoms in total. The van der Waals surface area contributed by atoms with Crippen LogP contribution in [0.25, 0.3) is 0 Å². The van der Waals surface area contributed by atoms with Crippen LogP contribution in [0.4, 0.5) is 11.4 Å². The maximum absolute atomic E-state index is 11.1. The van der Waals surface area contributed by atoms with Gasteiger partial charge in [-0.1, -0.05) is 6.92 Å². The summed E-state index contributed by atoms with van der Waals surface area (Å²) in [5.41, 5.74) is 0.735. The summed E-state index contributed by atoms with van der Waals surface area (Å²) < 4.78 is 0.843. The third-order valence-corrected chi connectivity index (χ3v) is 4.18. The number of rotatable bonds is 3. The summed E-state index contributed by atoms with van der Waals surface area (Å²) in [5, 5.41) is 20.6. The lowest BCUT2D eigenvalue weighted by molar-refractivity contribution is -0.384. The van der Waals surface area contributed by atoms with Crippen LogP contribution in [-0.2, 0) is 0 Å². The largest absolute Gasteiger partial charge is 0.394 e. The molecule has 2 rings (SSSR count). The molecule has 1 aliphatic heterocycles. The molecule has 2 atom stereocenters. The highest BCUT2D eigenvalue weighted by atomic mass is 127. The van der Waals surface area contributed by atoms with E-state index in [-0.39, 0.29) is 23.3 Å². The quantitative estimate of drug-likeness (QED) is 0.510. The molecule has 0 spiro atoms. The molecule has 98 valence electrons. The molecule has 0 saturated carbocycles. The van der Waals surface area contributed by atoms with Crippen LogP contribution < -0.4 is 4.90 Å². The fraction of sp³-hybridized carbons (Fsp3) is 0.500. The number of benzene rings is 1. The second kappa shape index (κ2) is 5.40. The van der Waals surface area contributed by atoms with E-state index in [0.29, 0.717) is 11.6 Å². The number of hydrogen-bond donors (Lipinski definition) is 1. The van der Waals surface area contributed by atoms with Crippen molar-refractivity contribution in [2.75, 3.05) is 18.1 Å². The summed E-state index contributed by atoms with van der Waals surface area (Å²) in [6, 6.07) is 5.19. The second-order valence-electron chi connectivity index (χ2n) is 4.60. The van der Waals surface area contributed by atoms with E-state index in [0.717, 1.165) is 16.5 Å². The van der Waals surface area contributed by atoms with E-state index in [9.17, 15) is 15.2 Å². The van der Waals surface area contributed by atoms with Gasteiger partial charge in [0.1, 0.15) is 5.69 Å². The van der Waals surface area contributed by atoms with Crippen molar-refractivity contribution in [2.24, 2.45) is 5.92 Å². The number of aliphatic hydroxyl groups is 1. The molecule has 1 N–H and O–H groups in total. The van der Waals surface area contributed by atoms with Gasteiger partial charge in [-0.15, -0.1) is 0 Å². The van der Waals surface area contributed by atoms with Crippen LogP contribution in [0.2, 0.25) is 0 Å². The van der Waals surface area contributed by atoms with E-state index in [1.807, 2.05) is 11.0 Å². The molecule has 2 unspecified atom stereocenters. The Bertz CT molecular complexity index is 467. The monoisotopic (exact) mass is 362 g/mol. The Kier molecular flexibility index (Phi) is 4.06. The third kappa shape index (κ3) is 2.44. The van der Waals surface area contributed by atoms with Crippen molar-refractivity contribution >= 4 is 34.0 Å². The van der Waals surface area contributed by atoms with Crippen LogP contribution in [0.15, 0.2) is 18.2 Å². The number of nitro benzene ring substituents is 1. The lowest BCUT2D eigenvalue weighted by Gasteiger charge is -2.26. The summed E-state index contributed by atoms with van der Waals surface area (Å²) in [5.74, 6) is 0.355. The van der Waals surface area contributed by atoms with Crippen LogP contribution in [0, 0.1) is 19.6 Å². The minimum atomic E-state index is -0.352. The number of nitro groups is 1. The van der Waals surface area contributed by atoms with E-state index in [1.54, 1.807) is 12.1 Å². The minimum Gasteiger partial charge on any atom is -0.394 e. The first-order valence-electron chi connectivity index (χ1n) is 5.86. The van der Waals surface area contributed by atoms with Gasteiger partial charge in [-0.2, -0.15) is 0 Å². The topological polar surface area (TPSA) is 66.6 Å². The lowest BCUT2D eigenvalue weighted by atomic mass is 10.0. The highest BCUT2D eigenvalue weighted by molar-refractivity contribution is 14.1. The predicted octanol–water partition coefficient (Wildman–Crippen LogP) is 2.41. The van der Waals surface area contributed by atoms with Crippen molar-refractivity contribution in [1.82, 2.24) is 0 Å². The highest BCUT2D eigenvalue weighted by Gasteiger charge is 2.34. The van der Waals surface area contributed by atoms with Crippen molar-refractivity contribution < 1.29 is 10.0 Å². The van der Waals surface area contributed by atoms with Crippen LogP contribution in [-0.4, -0.2) is 29.2 Å². The standard InChI is InChI=1S/C12H15IN2O3/c1-8-4-5-14(12(8)7-16)10-3-2-9(13)6-11(10)15(17)18/h2-3,6,8,12,16H,4-5,7H2,1H3. The van der Waals surface area contributed by atoms with Gasteiger partial charge >= 0.3 is 0 Å². The van der Waals surface area contributed by atoms with E-state index in [4.69, 9.17) is 0 Å². The molecule has 1 aromatic carbocycles. The van der Waals surface area contributed by atoms with Crippen molar-refractivity contribution in [3.8, 4) is 0 Å². The smallest absolute Gasteiger partial charge is 0.293 e. The molecule has 1 fully saturated rings. The third-order valence-electron chi connectivity index (χ3n) is 3.51.